The first kappa shape index (κ1) is 11.7. The van der Waals surface area contributed by atoms with Crippen molar-refractivity contribution in [2.24, 2.45) is 0 Å². The third-order valence-electron chi connectivity index (χ3n) is 2.54. The van der Waals surface area contributed by atoms with Crippen molar-refractivity contribution >= 4 is 22.4 Å². The minimum atomic E-state index is -0.111. The van der Waals surface area contributed by atoms with E-state index in [9.17, 15) is 10.2 Å². The number of hydrogen-bond acceptors (Lipinski definition) is 4. The van der Waals surface area contributed by atoms with Crippen molar-refractivity contribution in [2.75, 3.05) is 14.2 Å². The second kappa shape index (κ2) is 4.22. The number of ether oxygens (including phenoxy) is 2. The normalized spacial score (nSPS) is 10.5. The summed E-state index contributed by atoms with van der Waals surface area (Å²) in [5, 5.41) is 21.4. The largest absolute Gasteiger partial charge is 0.504 e. The summed E-state index contributed by atoms with van der Waals surface area (Å²) in [6, 6.07) is 4.78. The molecule has 0 aromatic heterocycles. The predicted molar refractivity (Wildman–Crippen MR) is 65.4 cm³/mol. The minimum Gasteiger partial charge on any atom is -0.504 e. The average Bonchev–Trinajstić information content (AvgIpc) is 2.33. The summed E-state index contributed by atoms with van der Waals surface area (Å²) >= 11 is 5.85. The highest BCUT2D eigenvalue weighted by Crippen LogP contribution is 2.50. The molecule has 0 unspecified atom stereocenters. The summed E-state index contributed by atoms with van der Waals surface area (Å²) in [6.07, 6.45) is 0. The summed E-state index contributed by atoms with van der Waals surface area (Å²) in [5.74, 6) is -0.0203. The standard InChI is InChI=1S/C12H11ClO4/c1-16-11-9(14)7-4-3-6(13)5-8(7)10(15)12(11)17-2/h3-5,14-15H,1-2H3. The van der Waals surface area contributed by atoms with Gasteiger partial charge >= 0.3 is 0 Å². The van der Waals surface area contributed by atoms with Crippen LogP contribution in [0.2, 0.25) is 5.02 Å². The van der Waals surface area contributed by atoms with E-state index in [0.717, 1.165) is 0 Å². The average molecular weight is 255 g/mol. The quantitative estimate of drug-likeness (QED) is 0.809. The van der Waals surface area contributed by atoms with Gasteiger partial charge in [0, 0.05) is 15.8 Å². The van der Waals surface area contributed by atoms with Gasteiger partial charge in [0.1, 0.15) is 0 Å². The van der Waals surface area contributed by atoms with E-state index >= 15 is 0 Å². The maximum absolute atomic E-state index is 10.0. The van der Waals surface area contributed by atoms with Gasteiger partial charge in [0.25, 0.3) is 0 Å². The van der Waals surface area contributed by atoms with Crippen LogP contribution >= 0.6 is 11.6 Å². The zero-order valence-electron chi connectivity index (χ0n) is 9.32. The van der Waals surface area contributed by atoms with E-state index in [-0.39, 0.29) is 23.0 Å². The number of benzene rings is 2. The molecule has 0 heterocycles. The maximum Gasteiger partial charge on any atom is 0.207 e. The second-order valence-electron chi connectivity index (χ2n) is 3.45. The van der Waals surface area contributed by atoms with Gasteiger partial charge in [0.2, 0.25) is 11.5 Å². The van der Waals surface area contributed by atoms with Crippen LogP contribution < -0.4 is 9.47 Å². The van der Waals surface area contributed by atoms with Crippen LogP contribution in [0, 0.1) is 0 Å². The lowest BCUT2D eigenvalue weighted by Gasteiger charge is -2.14. The molecular weight excluding hydrogens is 244 g/mol. The molecule has 2 rings (SSSR count). The maximum atomic E-state index is 10.0. The van der Waals surface area contributed by atoms with Crippen LogP contribution in [0.15, 0.2) is 18.2 Å². The van der Waals surface area contributed by atoms with Crippen LogP contribution in [0.4, 0.5) is 0 Å². The predicted octanol–water partition coefficient (Wildman–Crippen LogP) is 2.92. The molecular formula is C12H11ClO4. The fourth-order valence-electron chi connectivity index (χ4n) is 1.76. The summed E-state index contributed by atoms with van der Waals surface area (Å²) < 4.78 is 10.0. The van der Waals surface area contributed by atoms with Gasteiger partial charge < -0.3 is 19.7 Å². The van der Waals surface area contributed by atoms with E-state index in [4.69, 9.17) is 21.1 Å². The number of aromatic hydroxyl groups is 2. The fraction of sp³-hybridized carbons (Fsp3) is 0.167. The Morgan fingerprint density at radius 1 is 0.941 bits per heavy atom. The molecule has 5 heteroatoms. The molecule has 0 radical (unpaired) electrons. The van der Waals surface area contributed by atoms with E-state index in [1.165, 1.54) is 14.2 Å². The molecule has 4 nitrogen and oxygen atoms in total. The van der Waals surface area contributed by atoms with Gasteiger partial charge in [-0.05, 0) is 18.2 Å². The van der Waals surface area contributed by atoms with Gasteiger partial charge in [0.05, 0.1) is 14.2 Å². The number of phenols is 2. The SMILES string of the molecule is COc1c(OC)c(O)c2cc(Cl)ccc2c1O. The molecule has 0 aliphatic heterocycles. The number of halogens is 1. The van der Waals surface area contributed by atoms with Crippen LogP contribution in [0.3, 0.4) is 0 Å². The van der Waals surface area contributed by atoms with Gasteiger partial charge in [-0.1, -0.05) is 11.6 Å². The lowest BCUT2D eigenvalue weighted by molar-refractivity contribution is 0.320. The molecule has 90 valence electrons. The summed E-state index contributed by atoms with van der Waals surface area (Å²) in [4.78, 5) is 0. The van der Waals surface area contributed by atoms with Crippen molar-refractivity contribution in [3.8, 4) is 23.0 Å². The number of hydrogen-bond donors (Lipinski definition) is 2. The Kier molecular flexibility index (Phi) is 2.90. The molecule has 2 aromatic carbocycles. The zero-order valence-corrected chi connectivity index (χ0v) is 10.1. The molecule has 0 saturated carbocycles. The van der Waals surface area contributed by atoms with E-state index in [2.05, 4.69) is 0 Å². The number of fused-ring (bicyclic) bond motifs is 1. The Labute approximate surface area is 103 Å². The smallest absolute Gasteiger partial charge is 0.207 e. The van der Waals surface area contributed by atoms with E-state index in [1.807, 2.05) is 0 Å². The number of rotatable bonds is 2. The van der Waals surface area contributed by atoms with Crippen LogP contribution in [-0.4, -0.2) is 24.4 Å². The van der Waals surface area contributed by atoms with Crippen LogP contribution in [-0.2, 0) is 0 Å². The molecule has 2 N–H and O–H groups in total. The lowest BCUT2D eigenvalue weighted by Crippen LogP contribution is -1.93. The van der Waals surface area contributed by atoms with Gasteiger partial charge in [-0.3, -0.25) is 0 Å². The highest BCUT2D eigenvalue weighted by molar-refractivity contribution is 6.31. The molecule has 0 spiro atoms. The summed E-state index contributed by atoms with van der Waals surface area (Å²) in [7, 11) is 2.77. The minimum absolute atomic E-state index is 0.0831. The highest BCUT2D eigenvalue weighted by Gasteiger charge is 2.20. The first-order valence-electron chi connectivity index (χ1n) is 4.85. The summed E-state index contributed by atoms with van der Waals surface area (Å²) in [5.41, 5.74) is 0. The fourth-order valence-corrected chi connectivity index (χ4v) is 1.93. The summed E-state index contributed by atoms with van der Waals surface area (Å²) in [6.45, 7) is 0. The monoisotopic (exact) mass is 254 g/mol. The molecule has 0 amide bonds. The topological polar surface area (TPSA) is 58.9 Å². The molecule has 0 aliphatic carbocycles. The molecule has 0 aliphatic rings. The van der Waals surface area contributed by atoms with Gasteiger partial charge in [0.15, 0.2) is 11.5 Å². The molecule has 0 atom stereocenters. The van der Waals surface area contributed by atoms with Gasteiger partial charge in [-0.2, -0.15) is 0 Å². The van der Waals surface area contributed by atoms with Crippen LogP contribution in [0.5, 0.6) is 23.0 Å². The van der Waals surface area contributed by atoms with E-state index in [0.29, 0.717) is 15.8 Å². The first-order valence-corrected chi connectivity index (χ1v) is 5.23. The zero-order chi connectivity index (χ0) is 12.6. The second-order valence-corrected chi connectivity index (χ2v) is 3.89. The Morgan fingerprint density at radius 3 is 2.00 bits per heavy atom. The van der Waals surface area contributed by atoms with E-state index in [1.54, 1.807) is 18.2 Å². The Balaban J connectivity index is 2.94. The van der Waals surface area contributed by atoms with Crippen molar-refractivity contribution in [3.63, 3.8) is 0 Å². The molecule has 2 aromatic rings. The third kappa shape index (κ3) is 1.70. The van der Waals surface area contributed by atoms with Crippen molar-refractivity contribution in [1.82, 2.24) is 0 Å². The molecule has 0 saturated heterocycles. The van der Waals surface area contributed by atoms with Crippen molar-refractivity contribution in [2.45, 2.75) is 0 Å². The van der Waals surface area contributed by atoms with Crippen molar-refractivity contribution in [1.29, 1.82) is 0 Å². The van der Waals surface area contributed by atoms with Gasteiger partial charge in [-0.15, -0.1) is 0 Å². The van der Waals surface area contributed by atoms with E-state index < -0.39 is 0 Å². The van der Waals surface area contributed by atoms with Crippen LogP contribution in [0.25, 0.3) is 10.8 Å². The van der Waals surface area contributed by atoms with Crippen LogP contribution in [0.1, 0.15) is 0 Å². The molecule has 0 bridgehead atoms. The Bertz CT molecular complexity index is 580. The van der Waals surface area contributed by atoms with Gasteiger partial charge in [-0.25, -0.2) is 0 Å². The number of phenolic OH excluding ortho intramolecular Hbond substituents is 2. The first-order chi connectivity index (χ1) is 8.10. The Morgan fingerprint density at radius 2 is 1.47 bits per heavy atom. The molecule has 17 heavy (non-hydrogen) atoms. The number of methoxy groups -OCH3 is 2. The van der Waals surface area contributed by atoms with Crippen molar-refractivity contribution in [3.05, 3.63) is 23.2 Å². The third-order valence-corrected chi connectivity index (χ3v) is 2.77. The Hall–Kier alpha value is -1.81. The highest BCUT2D eigenvalue weighted by atomic mass is 35.5. The van der Waals surface area contributed by atoms with Crippen molar-refractivity contribution < 1.29 is 19.7 Å². The lowest BCUT2D eigenvalue weighted by atomic mass is 10.1. The molecule has 0 fully saturated rings.